The number of esters is 1. The zero-order valence-electron chi connectivity index (χ0n) is 22.2. The molecule has 3 amide bonds. The number of imide groups is 1. The van der Waals surface area contributed by atoms with Crippen molar-refractivity contribution in [2.75, 3.05) is 6.54 Å². The minimum absolute atomic E-state index is 0.0138. The molecule has 2 aromatic carbocycles. The molecule has 0 bridgehead atoms. The Morgan fingerprint density at radius 2 is 1.79 bits per heavy atom. The molecular weight excluding hydrogens is 496 g/mol. The Morgan fingerprint density at radius 3 is 2.49 bits per heavy atom. The highest BCUT2D eigenvalue weighted by Crippen LogP contribution is 2.31. The number of aryl methyl sites for hydroxylation is 2. The average molecular weight is 532 g/mol. The molecule has 3 heterocycles. The lowest BCUT2D eigenvalue weighted by Gasteiger charge is -2.33. The van der Waals surface area contributed by atoms with Gasteiger partial charge in [-0.05, 0) is 37.3 Å². The van der Waals surface area contributed by atoms with Gasteiger partial charge in [0, 0.05) is 24.7 Å². The van der Waals surface area contributed by atoms with E-state index in [1.807, 2.05) is 55.5 Å². The number of rotatable bonds is 9. The van der Waals surface area contributed by atoms with Gasteiger partial charge in [0.2, 0.25) is 12.1 Å². The summed E-state index contributed by atoms with van der Waals surface area (Å²) in [4.78, 5) is 47.3. The number of nitrogens with zero attached hydrogens (tertiary/aromatic N) is 2. The summed E-state index contributed by atoms with van der Waals surface area (Å²) in [6.45, 7) is 2.51. The molecule has 2 N–H and O–H groups in total. The molecule has 204 valence electrons. The predicted octanol–water partition coefficient (Wildman–Crippen LogP) is 4.29. The summed E-state index contributed by atoms with van der Waals surface area (Å²) < 4.78 is 10.8. The number of quaternary nitrogens is 1. The number of imidazole rings is 1. The largest absolute Gasteiger partial charge is 0.433 e. The second kappa shape index (κ2) is 11.9. The number of carbonyl (C=O) groups is 3. The maximum absolute atomic E-state index is 13.8. The Balaban J connectivity index is 1.25. The van der Waals surface area contributed by atoms with Crippen LogP contribution in [0, 0.1) is 0 Å². The van der Waals surface area contributed by atoms with Crippen molar-refractivity contribution in [2.24, 2.45) is 0 Å². The first-order valence-corrected chi connectivity index (χ1v) is 13.6. The summed E-state index contributed by atoms with van der Waals surface area (Å²) in [7, 11) is 0. The van der Waals surface area contributed by atoms with E-state index in [0.717, 1.165) is 43.4 Å². The second-order valence-corrected chi connectivity index (χ2v) is 10.4. The monoisotopic (exact) mass is 531 g/mol. The SMILES string of the molecule is C[C@H]1CCC[N+]1(C(=O)NC1CC(=O)OC1OCc1ccccc1)C(=O)c1ncc(CCCc2ccccc2)[nH]1. The van der Waals surface area contributed by atoms with Crippen LogP contribution in [0.15, 0.2) is 66.9 Å². The number of H-pyrrole nitrogens is 1. The van der Waals surface area contributed by atoms with Gasteiger partial charge in [-0.25, -0.2) is 14.6 Å². The van der Waals surface area contributed by atoms with E-state index in [4.69, 9.17) is 9.47 Å². The number of hydrogen-bond acceptors (Lipinski definition) is 6. The maximum Gasteiger partial charge on any atom is 0.425 e. The lowest BCUT2D eigenvalue weighted by Crippen LogP contribution is -2.64. The van der Waals surface area contributed by atoms with Gasteiger partial charge < -0.3 is 14.5 Å². The van der Waals surface area contributed by atoms with Crippen LogP contribution in [0.25, 0.3) is 0 Å². The van der Waals surface area contributed by atoms with Crippen molar-refractivity contribution in [3.8, 4) is 0 Å². The molecular formula is C30H35N4O5+. The quantitative estimate of drug-likeness (QED) is 0.315. The number of urea groups is 1. The molecule has 2 saturated heterocycles. The molecule has 0 aliphatic carbocycles. The van der Waals surface area contributed by atoms with Crippen LogP contribution in [0.2, 0.25) is 0 Å². The smallest absolute Gasteiger partial charge is 0.425 e. The molecule has 3 aromatic rings. The third kappa shape index (κ3) is 5.94. The highest BCUT2D eigenvalue weighted by atomic mass is 16.7. The molecule has 2 fully saturated rings. The molecule has 5 rings (SSSR count). The van der Waals surface area contributed by atoms with Crippen LogP contribution >= 0.6 is 0 Å². The van der Waals surface area contributed by atoms with Crippen molar-refractivity contribution in [1.82, 2.24) is 15.3 Å². The van der Waals surface area contributed by atoms with Crippen LogP contribution in [-0.4, -0.2) is 57.3 Å². The Bertz CT molecular complexity index is 1290. The second-order valence-electron chi connectivity index (χ2n) is 10.4. The van der Waals surface area contributed by atoms with E-state index >= 15 is 0 Å². The number of aromatic nitrogens is 2. The summed E-state index contributed by atoms with van der Waals surface area (Å²) in [6.07, 6.45) is 4.81. The van der Waals surface area contributed by atoms with Crippen molar-refractivity contribution in [3.05, 3.63) is 89.5 Å². The highest BCUT2D eigenvalue weighted by Gasteiger charge is 2.55. The van der Waals surface area contributed by atoms with Crippen molar-refractivity contribution in [1.29, 1.82) is 0 Å². The van der Waals surface area contributed by atoms with E-state index in [0.29, 0.717) is 6.54 Å². The zero-order chi connectivity index (χ0) is 27.2. The van der Waals surface area contributed by atoms with Gasteiger partial charge in [0.1, 0.15) is 12.1 Å². The number of ether oxygens (including phenoxy) is 2. The van der Waals surface area contributed by atoms with Gasteiger partial charge in [0.25, 0.3) is 0 Å². The molecule has 9 heteroatoms. The molecule has 0 saturated carbocycles. The zero-order valence-corrected chi connectivity index (χ0v) is 22.2. The topological polar surface area (TPSA) is 110 Å². The first-order chi connectivity index (χ1) is 19.0. The van der Waals surface area contributed by atoms with Crippen LogP contribution in [0.5, 0.6) is 0 Å². The van der Waals surface area contributed by atoms with Gasteiger partial charge >= 0.3 is 17.9 Å². The number of aromatic amines is 1. The molecule has 2 aliphatic heterocycles. The number of amides is 3. The molecule has 0 radical (unpaired) electrons. The van der Waals surface area contributed by atoms with Gasteiger partial charge in [-0.15, -0.1) is 0 Å². The fourth-order valence-corrected chi connectivity index (χ4v) is 5.52. The number of nitrogens with one attached hydrogen (secondary N) is 2. The Kier molecular flexibility index (Phi) is 8.18. The van der Waals surface area contributed by atoms with E-state index in [1.165, 1.54) is 5.56 Å². The number of cyclic esters (lactones) is 1. The minimum Gasteiger partial charge on any atom is -0.433 e. The fourth-order valence-electron chi connectivity index (χ4n) is 5.52. The summed E-state index contributed by atoms with van der Waals surface area (Å²) in [6, 6.07) is 18.4. The lowest BCUT2D eigenvalue weighted by molar-refractivity contribution is -0.778. The standard InChI is InChI=1S/C30H34N4O5/c1-21-10-9-17-34(21,28(36)27-31-19-24(32-27)16-8-15-22-11-4-2-5-12-22)30(37)33-25-18-26(35)39-29(25)38-20-23-13-6-3-7-14-23/h2-7,11-14,19,21,25,29H,8-10,15-18,20H2,1H3,(H-,31,32,33,36,37)/p+1/t21-,25?,29?,34?/m0/s1. The molecule has 1 aromatic heterocycles. The van der Waals surface area contributed by atoms with Crippen LogP contribution < -0.4 is 5.32 Å². The van der Waals surface area contributed by atoms with Crippen LogP contribution in [-0.2, 0) is 33.7 Å². The average Bonchev–Trinajstić information content (AvgIpc) is 3.67. The molecule has 0 spiro atoms. The van der Waals surface area contributed by atoms with Crippen LogP contribution in [0.3, 0.4) is 0 Å². The van der Waals surface area contributed by atoms with Gasteiger partial charge in [-0.3, -0.25) is 10.1 Å². The third-order valence-corrected chi connectivity index (χ3v) is 7.72. The van der Waals surface area contributed by atoms with Gasteiger partial charge in [0.05, 0.1) is 19.6 Å². The molecule has 39 heavy (non-hydrogen) atoms. The van der Waals surface area contributed by atoms with E-state index in [9.17, 15) is 14.4 Å². The van der Waals surface area contributed by atoms with Crippen molar-refractivity contribution in [3.63, 3.8) is 0 Å². The molecule has 9 nitrogen and oxygen atoms in total. The maximum atomic E-state index is 13.8. The Morgan fingerprint density at radius 1 is 1.08 bits per heavy atom. The summed E-state index contributed by atoms with van der Waals surface area (Å²) >= 11 is 0. The Hall–Kier alpha value is -3.82. The fraction of sp³-hybridized carbons (Fsp3) is 0.400. The van der Waals surface area contributed by atoms with Crippen molar-refractivity contribution in [2.45, 2.75) is 70.4 Å². The summed E-state index contributed by atoms with van der Waals surface area (Å²) in [5, 5.41) is 2.92. The minimum atomic E-state index is -0.922. The van der Waals surface area contributed by atoms with E-state index in [2.05, 4.69) is 27.4 Å². The first-order valence-electron chi connectivity index (χ1n) is 13.6. The molecule has 2 aliphatic rings. The normalized spacial score (nSPS) is 24.4. The molecule has 4 atom stereocenters. The van der Waals surface area contributed by atoms with E-state index < -0.39 is 28.8 Å². The van der Waals surface area contributed by atoms with Gasteiger partial charge in [-0.2, -0.15) is 4.48 Å². The predicted molar refractivity (Wildman–Crippen MR) is 143 cm³/mol. The number of hydrogen-bond donors (Lipinski definition) is 2. The van der Waals surface area contributed by atoms with Crippen molar-refractivity contribution < 1.29 is 28.3 Å². The lowest BCUT2D eigenvalue weighted by atomic mass is 10.1. The molecule has 3 unspecified atom stereocenters. The first kappa shape index (κ1) is 26.8. The van der Waals surface area contributed by atoms with Gasteiger partial charge in [0.15, 0.2) is 0 Å². The number of benzene rings is 2. The third-order valence-electron chi connectivity index (χ3n) is 7.72. The highest BCUT2D eigenvalue weighted by molar-refractivity contribution is 5.93. The summed E-state index contributed by atoms with van der Waals surface area (Å²) in [5.41, 5.74) is 3.06. The number of likely N-dealkylation sites (tertiary alicyclic amines) is 1. The number of carbonyl (C=O) groups excluding carboxylic acids is 3. The van der Waals surface area contributed by atoms with Crippen LogP contribution in [0.4, 0.5) is 4.79 Å². The van der Waals surface area contributed by atoms with Crippen molar-refractivity contribution >= 4 is 17.9 Å². The summed E-state index contributed by atoms with van der Waals surface area (Å²) in [5.74, 6) is -0.625. The van der Waals surface area contributed by atoms with Crippen LogP contribution in [0.1, 0.15) is 60.0 Å². The van der Waals surface area contributed by atoms with E-state index in [-0.39, 0.29) is 30.8 Å². The van der Waals surface area contributed by atoms with Gasteiger partial charge in [-0.1, -0.05) is 60.7 Å². The van der Waals surface area contributed by atoms with E-state index in [1.54, 1.807) is 6.20 Å². The Labute approximate surface area is 228 Å².